The lowest BCUT2D eigenvalue weighted by atomic mass is 10.0. The first kappa shape index (κ1) is 24.4. The maximum absolute atomic E-state index is 13.3. The molecule has 0 saturated heterocycles. The van der Waals surface area contributed by atoms with Crippen molar-refractivity contribution in [2.75, 3.05) is 10.6 Å². The highest BCUT2D eigenvalue weighted by Crippen LogP contribution is 2.22. The molecule has 0 fully saturated rings. The average molecular weight is 467 g/mol. The van der Waals surface area contributed by atoms with Gasteiger partial charge >= 0.3 is 12.0 Å². The van der Waals surface area contributed by atoms with Gasteiger partial charge in [-0.1, -0.05) is 38.1 Å². The average Bonchev–Trinajstić information content (AvgIpc) is 2.80. The van der Waals surface area contributed by atoms with E-state index in [1.54, 1.807) is 62.4 Å². The van der Waals surface area contributed by atoms with Crippen LogP contribution in [0.4, 0.5) is 25.0 Å². The van der Waals surface area contributed by atoms with Gasteiger partial charge in [-0.2, -0.15) is 0 Å². The van der Waals surface area contributed by atoms with E-state index in [0.29, 0.717) is 11.3 Å². The van der Waals surface area contributed by atoms with Crippen LogP contribution in [-0.4, -0.2) is 29.1 Å². The Labute approximate surface area is 194 Å². The van der Waals surface area contributed by atoms with E-state index < -0.39 is 35.6 Å². The van der Waals surface area contributed by atoms with Gasteiger partial charge in [0.2, 0.25) is 0 Å². The van der Waals surface area contributed by atoms with Gasteiger partial charge in [0, 0.05) is 23.0 Å². The lowest BCUT2D eigenvalue weighted by molar-refractivity contribution is -0.140. The van der Waals surface area contributed by atoms with Crippen LogP contribution >= 0.6 is 0 Å². The molecule has 0 aliphatic heterocycles. The first-order chi connectivity index (χ1) is 16.1. The Hall–Kier alpha value is -4.27. The number of amides is 3. The summed E-state index contributed by atoms with van der Waals surface area (Å²) in [4.78, 5) is 35.7. The summed E-state index contributed by atoms with van der Waals surface area (Å²) in [7, 11) is 0. The van der Waals surface area contributed by atoms with Crippen molar-refractivity contribution >= 4 is 29.3 Å². The van der Waals surface area contributed by atoms with E-state index in [2.05, 4.69) is 16.0 Å². The van der Waals surface area contributed by atoms with Crippen LogP contribution in [0.25, 0.3) is 11.1 Å². The van der Waals surface area contributed by atoms with Crippen molar-refractivity contribution in [3.63, 3.8) is 0 Å². The Balaban J connectivity index is 1.61. The molecule has 176 valence electrons. The zero-order valence-corrected chi connectivity index (χ0v) is 18.4. The maximum Gasteiger partial charge on any atom is 0.326 e. The molecule has 4 N–H and O–H groups in total. The van der Waals surface area contributed by atoms with Crippen molar-refractivity contribution < 1.29 is 28.3 Å². The molecule has 3 rings (SSSR count). The number of halogens is 2. The number of carbonyl (C=O) groups is 3. The number of carboxylic acid groups (broad SMARTS) is 1. The van der Waals surface area contributed by atoms with Gasteiger partial charge in [-0.05, 0) is 53.4 Å². The van der Waals surface area contributed by atoms with Crippen molar-refractivity contribution in [3.8, 4) is 11.1 Å². The summed E-state index contributed by atoms with van der Waals surface area (Å²) in [6, 6.07) is 15.0. The van der Waals surface area contributed by atoms with Crippen LogP contribution in [0.1, 0.15) is 24.2 Å². The molecule has 1 atom stereocenters. The van der Waals surface area contributed by atoms with E-state index in [9.17, 15) is 28.3 Å². The Morgan fingerprint density at radius 2 is 1.29 bits per heavy atom. The normalized spacial score (nSPS) is 11.6. The molecular weight excluding hydrogens is 444 g/mol. The second-order valence-corrected chi connectivity index (χ2v) is 7.90. The van der Waals surface area contributed by atoms with Crippen molar-refractivity contribution in [3.05, 3.63) is 83.9 Å². The second kappa shape index (κ2) is 10.6. The Kier molecular flexibility index (Phi) is 7.57. The summed E-state index contributed by atoms with van der Waals surface area (Å²) in [5.74, 6) is -3.89. The molecule has 0 bridgehead atoms. The summed E-state index contributed by atoms with van der Waals surface area (Å²) >= 11 is 0. The van der Waals surface area contributed by atoms with Crippen LogP contribution in [0.15, 0.2) is 66.7 Å². The lowest BCUT2D eigenvalue weighted by Crippen LogP contribution is -2.44. The van der Waals surface area contributed by atoms with Crippen LogP contribution in [0.2, 0.25) is 0 Å². The van der Waals surface area contributed by atoms with Crippen LogP contribution in [0.5, 0.6) is 0 Å². The van der Waals surface area contributed by atoms with Crippen LogP contribution < -0.4 is 16.0 Å². The van der Waals surface area contributed by atoms with Crippen LogP contribution in [-0.2, 0) is 4.79 Å². The summed E-state index contributed by atoms with van der Waals surface area (Å²) < 4.78 is 26.2. The van der Waals surface area contributed by atoms with Gasteiger partial charge in [0.05, 0.1) is 0 Å². The zero-order chi connectivity index (χ0) is 24.8. The number of urea groups is 1. The van der Waals surface area contributed by atoms with Gasteiger partial charge in [0.1, 0.15) is 6.04 Å². The molecule has 3 aromatic rings. The summed E-state index contributed by atoms with van der Waals surface area (Å²) in [6.45, 7) is 3.43. The molecule has 0 aliphatic carbocycles. The Bertz CT molecular complexity index is 1200. The number of hydrogen-bond donors (Lipinski definition) is 4. The highest BCUT2D eigenvalue weighted by Gasteiger charge is 2.23. The quantitative estimate of drug-likeness (QED) is 0.387. The van der Waals surface area contributed by atoms with Crippen LogP contribution in [0.3, 0.4) is 0 Å². The number of aliphatic carboxylic acids is 1. The molecule has 0 aliphatic rings. The van der Waals surface area contributed by atoms with E-state index in [1.165, 1.54) is 6.07 Å². The number of anilines is 2. The molecule has 0 unspecified atom stereocenters. The van der Waals surface area contributed by atoms with Crippen molar-refractivity contribution in [2.45, 2.75) is 19.9 Å². The van der Waals surface area contributed by atoms with E-state index >= 15 is 0 Å². The molecule has 9 heteroatoms. The SMILES string of the molecule is CC(C)[C@H](NC(=O)c1ccc(-c2ccc(NC(=O)Nc3ccc(F)c(F)c3)cc2)cc1)C(=O)O. The topological polar surface area (TPSA) is 108 Å². The van der Waals surface area contributed by atoms with Crippen molar-refractivity contribution in [2.24, 2.45) is 5.92 Å². The smallest absolute Gasteiger partial charge is 0.326 e. The minimum Gasteiger partial charge on any atom is -0.480 e. The molecule has 3 aromatic carbocycles. The van der Waals surface area contributed by atoms with E-state index in [-0.39, 0.29) is 11.6 Å². The first-order valence-corrected chi connectivity index (χ1v) is 10.4. The highest BCUT2D eigenvalue weighted by molar-refractivity contribution is 6.00. The summed E-state index contributed by atoms with van der Waals surface area (Å²) in [5.41, 5.74) is 2.56. The van der Waals surface area contributed by atoms with Gasteiger partial charge in [0.25, 0.3) is 5.91 Å². The largest absolute Gasteiger partial charge is 0.480 e. The van der Waals surface area contributed by atoms with Gasteiger partial charge in [-0.3, -0.25) is 4.79 Å². The molecule has 0 saturated carbocycles. The fraction of sp³-hybridized carbons (Fsp3) is 0.160. The standard InChI is InChI=1S/C25H23F2N3O4/c1-14(2)22(24(32)33)30-23(31)17-5-3-15(4-6-17)16-7-9-18(10-8-16)28-25(34)29-19-11-12-20(26)21(27)13-19/h3-14,22H,1-2H3,(H,30,31)(H,32,33)(H2,28,29,34)/t22-/m0/s1. The van der Waals surface area contributed by atoms with E-state index in [0.717, 1.165) is 23.3 Å². The molecule has 0 heterocycles. The third kappa shape index (κ3) is 6.16. The molecule has 0 radical (unpaired) electrons. The first-order valence-electron chi connectivity index (χ1n) is 10.4. The van der Waals surface area contributed by atoms with Crippen molar-refractivity contribution in [1.82, 2.24) is 5.32 Å². The number of carbonyl (C=O) groups excluding carboxylic acids is 2. The van der Waals surface area contributed by atoms with E-state index in [4.69, 9.17) is 0 Å². The molecular formula is C25H23F2N3O4. The predicted molar refractivity (Wildman–Crippen MR) is 125 cm³/mol. The zero-order valence-electron chi connectivity index (χ0n) is 18.4. The van der Waals surface area contributed by atoms with E-state index in [1.807, 2.05) is 0 Å². The number of hydrogen-bond acceptors (Lipinski definition) is 3. The molecule has 3 amide bonds. The monoisotopic (exact) mass is 467 g/mol. The Morgan fingerprint density at radius 3 is 1.82 bits per heavy atom. The Morgan fingerprint density at radius 1 is 0.765 bits per heavy atom. The highest BCUT2D eigenvalue weighted by atomic mass is 19.2. The number of carboxylic acids is 1. The number of nitrogens with one attached hydrogen (secondary N) is 3. The van der Waals surface area contributed by atoms with Gasteiger partial charge < -0.3 is 21.1 Å². The van der Waals surface area contributed by atoms with Gasteiger partial charge in [-0.25, -0.2) is 18.4 Å². The van der Waals surface area contributed by atoms with Gasteiger partial charge in [0.15, 0.2) is 11.6 Å². The summed E-state index contributed by atoms with van der Waals surface area (Å²) in [6.07, 6.45) is 0. The fourth-order valence-electron chi connectivity index (χ4n) is 3.17. The molecule has 0 aromatic heterocycles. The van der Waals surface area contributed by atoms with Gasteiger partial charge in [-0.15, -0.1) is 0 Å². The predicted octanol–water partition coefficient (Wildman–Crippen LogP) is 5.11. The molecule has 34 heavy (non-hydrogen) atoms. The molecule has 0 spiro atoms. The van der Waals surface area contributed by atoms with Crippen LogP contribution in [0, 0.1) is 17.6 Å². The molecule has 7 nitrogen and oxygen atoms in total. The maximum atomic E-state index is 13.3. The minimum atomic E-state index is -1.09. The fourth-order valence-corrected chi connectivity index (χ4v) is 3.17. The van der Waals surface area contributed by atoms with Crippen molar-refractivity contribution in [1.29, 1.82) is 0 Å². The second-order valence-electron chi connectivity index (χ2n) is 7.90. The minimum absolute atomic E-state index is 0.111. The third-order valence-electron chi connectivity index (χ3n) is 5.02. The lowest BCUT2D eigenvalue weighted by Gasteiger charge is -2.18. The number of rotatable bonds is 7. The third-order valence-corrected chi connectivity index (χ3v) is 5.02. The number of benzene rings is 3. The summed E-state index contributed by atoms with van der Waals surface area (Å²) in [5, 5.41) is 16.8.